The van der Waals surface area contributed by atoms with E-state index in [2.05, 4.69) is 33.7 Å². The number of amides is 2. The molecule has 2 aliphatic heterocycles. The van der Waals surface area contributed by atoms with E-state index in [0.717, 1.165) is 42.9 Å². The number of piperazine rings is 1. The molecule has 2 amide bonds. The van der Waals surface area contributed by atoms with Gasteiger partial charge in [0.05, 0.1) is 18.1 Å². The number of benzene rings is 3. The fraction of sp³-hybridized carbons (Fsp3) is 0.303. The maximum atomic E-state index is 14.3. The fourth-order valence-corrected chi connectivity index (χ4v) is 6.19. The average molecular weight is 550 g/mol. The number of hydrogen-bond donors (Lipinski definition) is 1. The van der Waals surface area contributed by atoms with Gasteiger partial charge in [-0.05, 0) is 24.0 Å². The van der Waals surface area contributed by atoms with Crippen LogP contribution in [0.5, 0.6) is 0 Å². The zero-order valence-electron chi connectivity index (χ0n) is 23.0. The Morgan fingerprint density at radius 3 is 2.15 bits per heavy atom. The van der Waals surface area contributed by atoms with Crippen LogP contribution in [0.1, 0.15) is 34.1 Å². The van der Waals surface area contributed by atoms with E-state index < -0.39 is 6.09 Å². The largest absolute Gasteiger partial charge is 0.465 e. The second kappa shape index (κ2) is 12.0. The molecule has 3 heterocycles. The predicted molar refractivity (Wildman–Crippen MR) is 158 cm³/mol. The van der Waals surface area contributed by atoms with Crippen molar-refractivity contribution < 1.29 is 14.7 Å². The zero-order chi connectivity index (χ0) is 28.2. The minimum absolute atomic E-state index is 0.146. The first-order chi connectivity index (χ1) is 20.1. The Bertz CT molecular complexity index is 1470. The number of carbonyl (C=O) groups is 2. The summed E-state index contributed by atoms with van der Waals surface area (Å²) < 4.78 is 2.19. The van der Waals surface area contributed by atoms with Crippen LogP contribution in [0.15, 0.2) is 97.3 Å². The number of carbonyl (C=O) groups excluding carboxylic acids is 1. The molecule has 6 rings (SSSR count). The second-order valence-electron chi connectivity index (χ2n) is 10.9. The highest BCUT2D eigenvalue weighted by Crippen LogP contribution is 2.33. The third-order valence-corrected chi connectivity index (χ3v) is 8.26. The molecule has 0 unspecified atom stereocenters. The number of nitrogens with zero attached hydrogens (tertiary/aromatic N) is 5. The minimum Gasteiger partial charge on any atom is -0.465 e. The first-order valence-corrected chi connectivity index (χ1v) is 14.3. The fourth-order valence-electron chi connectivity index (χ4n) is 6.19. The van der Waals surface area contributed by atoms with Crippen molar-refractivity contribution >= 4 is 12.0 Å². The van der Waals surface area contributed by atoms with E-state index in [1.165, 1.54) is 10.5 Å². The smallest absolute Gasteiger partial charge is 0.407 e. The maximum absolute atomic E-state index is 14.3. The molecule has 3 aromatic carbocycles. The molecule has 0 saturated carbocycles. The summed E-state index contributed by atoms with van der Waals surface area (Å²) in [4.78, 5) is 36.6. The molecule has 8 heteroatoms. The Morgan fingerprint density at radius 2 is 1.46 bits per heavy atom. The standard InChI is InChI=1S/C33H35N5O3/c39-32(37-19-18-36(33(40)41)23-29(37)20-25-10-4-1-5-11-25)30-31(27-14-8-3-9-15-27)38(24-34-30)28-16-17-35(22-28)21-26-12-6-2-7-13-26/h1-15,24,28-29H,16-23H2,(H,40,41)/t28-,29-/m1/s1. The summed E-state index contributed by atoms with van der Waals surface area (Å²) in [6, 6.07) is 30.4. The van der Waals surface area contributed by atoms with Crippen LogP contribution in [-0.4, -0.2) is 80.1 Å². The number of hydrogen-bond acceptors (Lipinski definition) is 4. The Labute approximate surface area is 240 Å². The van der Waals surface area contributed by atoms with Gasteiger partial charge in [0.25, 0.3) is 5.91 Å². The first kappa shape index (κ1) is 26.8. The van der Waals surface area contributed by atoms with Crippen molar-refractivity contribution in [3.8, 4) is 11.3 Å². The van der Waals surface area contributed by atoms with Crippen LogP contribution in [0.2, 0.25) is 0 Å². The van der Waals surface area contributed by atoms with E-state index in [-0.39, 0.29) is 31.1 Å². The summed E-state index contributed by atoms with van der Waals surface area (Å²) in [6.45, 7) is 3.64. The topological polar surface area (TPSA) is 81.9 Å². The zero-order valence-corrected chi connectivity index (χ0v) is 23.0. The van der Waals surface area contributed by atoms with Gasteiger partial charge in [0.15, 0.2) is 5.69 Å². The number of imidazole rings is 1. The van der Waals surface area contributed by atoms with Crippen molar-refractivity contribution in [2.24, 2.45) is 0 Å². The van der Waals surface area contributed by atoms with Crippen LogP contribution in [0.25, 0.3) is 11.3 Å². The lowest BCUT2D eigenvalue weighted by Gasteiger charge is -2.40. The average Bonchev–Trinajstić information content (AvgIpc) is 3.66. The molecule has 8 nitrogen and oxygen atoms in total. The summed E-state index contributed by atoms with van der Waals surface area (Å²) in [5.74, 6) is -0.146. The monoisotopic (exact) mass is 549 g/mol. The summed E-state index contributed by atoms with van der Waals surface area (Å²) in [5, 5.41) is 9.70. The van der Waals surface area contributed by atoms with Crippen molar-refractivity contribution in [2.75, 3.05) is 32.7 Å². The van der Waals surface area contributed by atoms with Gasteiger partial charge < -0.3 is 19.5 Å². The van der Waals surface area contributed by atoms with E-state index in [4.69, 9.17) is 4.98 Å². The summed E-state index contributed by atoms with van der Waals surface area (Å²) in [5.41, 5.74) is 4.59. The molecule has 1 aromatic heterocycles. The van der Waals surface area contributed by atoms with Gasteiger partial charge in [0.2, 0.25) is 0 Å². The maximum Gasteiger partial charge on any atom is 0.407 e. The Hall–Kier alpha value is -4.43. The number of rotatable bonds is 7. The molecule has 1 N–H and O–H groups in total. The molecule has 210 valence electrons. The highest BCUT2D eigenvalue weighted by Gasteiger charge is 2.36. The highest BCUT2D eigenvalue weighted by atomic mass is 16.4. The van der Waals surface area contributed by atoms with Gasteiger partial charge in [0.1, 0.15) is 0 Å². The molecule has 0 spiro atoms. The van der Waals surface area contributed by atoms with Gasteiger partial charge in [-0.2, -0.15) is 0 Å². The van der Waals surface area contributed by atoms with E-state index in [9.17, 15) is 14.7 Å². The molecular weight excluding hydrogens is 514 g/mol. The van der Waals surface area contributed by atoms with Crippen molar-refractivity contribution in [3.05, 3.63) is 114 Å². The lowest BCUT2D eigenvalue weighted by molar-refractivity contribution is 0.0447. The summed E-state index contributed by atoms with van der Waals surface area (Å²) in [7, 11) is 0. The van der Waals surface area contributed by atoms with E-state index in [1.54, 1.807) is 0 Å². The van der Waals surface area contributed by atoms with Gasteiger partial charge in [0, 0.05) is 50.9 Å². The molecule has 4 aromatic rings. The molecule has 2 atom stereocenters. The molecule has 0 radical (unpaired) electrons. The molecule has 0 aliphatic carbocycles. The van der Waals surface area contributed by atoms with Gasteiger partial charge in [-0.3, -0.25) is 9.69 Å². The van der Waals surface area contributed by atoms with Crippen LogP contribution in [0.4, 0.5) is 4.79 Å². The van der Waals surface area contributed by atoms with Gasteiger partial charge in [-0.15, -0.1) is 0 Å². The molecule has 0 bridgehead atoms. The van der Waals surface area contributed by atoms with Crippen molar-refractivity contribution in [1.29, 1.82) is 0 Å². The third kappa shape index (κ3) is 5.88. The minimum atomic E-state index is -0.953. The molecule has 41 heavy (non-hydrogen) atoms. The van der Waals surface area contributed by atoms with Crippen LogP contribution < -0.4 is 0 Å². The van der Waals surface area contributed by atoms with Gasteiger partial charge in [-0.1, -0.05) is 91.0 Å². The van der Waals surface area contributed by atoms with Crippen LogP contribution in [0, 0.1) is 0 Å². The second-order valence-corrected chi connectivity index (χ2v) is 10.9. The third-order valence-electron chi connectivity index (χ3n) is 8.26. The van der Waals surface area contributed by atoms with Crippen molar-refractivity contribution in [1.82, 2.24) is 24.3 Å². The Balaban J connectivity index is 1.29. The van der Waals surface area contributed by atoms with E-state index >= 15 is 0 Å². The lowest BCUT2D eigenvalue weighted by atomic mass is 10.0. The van der Waals surface area contributed by atoms with Crippen LogP contribution in [-0.2, 0) is 13.0 Å². The first-order valence-electron chi connectivity index (χ1n) is 14.3. The van der Waals surface area contributed by atoms with Gasteiger partial charge in [-0.25, -0.2) is 9.78 Å². The van der Waals surface area contributed by atoms with Crippen LogP contribution in [0.3, 0.4) is 0 Å². The van der Waals surface area contributed by atoms with Crippen molar-refractivity contribution in [3.63, 3.8) is 0 Å². The van der Waals surface area contributed by atoms with E-state index in [0.29, 0.717) is 18.7 Å². The number of likely N-dealkylation sites (tertiary alicyclic amines) is 1. The summed E-state index contributed by atoms with van der Waals surface area (Å²) >= 11 is 0. The predicted octanol–water partition coefficient (Wildman–Crippen LogP) is 5.04. The molecule has 2 fully saturated rings. The molecular formula is C33H35N5O3. The van der Waals surface area contributed by atoms with Gasteiger partial charge >= 0.3 is 6.09 Å². The van der Waals surface area contributed by atoms with Crippen molar-refractivity contribution in [2.45, 2.75) is 31.5 Å². The summed E-state index contributed by atoms with van der Waals surface area (Å²) in [6.07, 6.45) is 2.43. The number of carboxylic acid groups (broad SMARTS) is 1. The SMILES string of the molecule is O=C(O)N1CCN(C(=O)c2ncn([C@@H]3CCN(Cc4ccccc4)C3)c2-c2ccccc2)[C@H](Cc2ccccc2)C1. The Kier molecular flexibility index (Phi) is 7.82. The van der Waals surface area contributed by atoms with E-state index in [1.807, 2.05) is 78.0 Å². The quantitative estimate of drug-likeness (QED) is 0.349. The molecule has 2 saturated heterocycles. The lowest BCUT2D eigenvalue weighted by Crippen LogP contribution is -2.57. The Morgan fingerprint density at radius 1 is 0.805 bits per heavy atom. The number of aromatic nitrogens is 2. The van der Waals surface area contributed by atoms with Crippen LogP contribution >= 0.6 is 0 Å². The molecule has 2 aliphatic rings. The highest BCUT2D eigenvalue weighted by molar-refractivity contribution is 5.98. The normalized spacial score (nSPS) is 19.4.